The van der Waals surface area contributed by atoms with Crippen LogP contribution in [0.15, 0.2) is 12.4 Å². The smallest absolute Gasteiger partial charge is 0.147 e. The van der Waals surface area contributed by atoms with Gasteiger partial charge in [-0.2, -0.15) is 0 Å². The van der Waals surface area contributed by atoms with Crippen LogP contribution in [0.1, 0.15) is 52.1 Å². The van der Waals surface area contributed by atoms with E-state index in [-0.39, 0.29) is 0 Å². The standard InChI is InChI=1S/C16H28N4/c1-4-20(15-7-5-6-8-15)16-12-18-11-14(19-16)10-17-9-13(2)3/h11-13,15,17H,4-10H2,1-3H3. The van der Waals surface area contributed by atoms with Crippen molar-refractivity contribution in [2.45, 2.75) is 59.0 Å². The monoisotopic (exact) mass is 276 g/mol. The first-order valence-corrected chi connectivity index (χ1v) is 7.99. The van der Waals surface area contributed by atoms with E-state index in [1.54, 1.807) is 0 Å². The Bertz CT molecular complexity index is 399. The second-order valence-electron chi connectivity index (χ2n) is 6.12. The van der Waals surface area contributed by atoms with Gasteiger partial charge in [-0.05, 0) is 32.2 Å². The Labute approximate surface area is 123 Å². The first-order valence-electron chi connectivity index (χ1n) is 7.99. The fourth-order valence-electron chi connectivity index (χ4n) is 2.93. The molecule has 0 amide bonds. The lowest BCUT2D eigenvalue weighted by atomic mass is 10.2. The van der Waals surface area contributed by atoms with E-state index in [0.29, 0.717) is 12.0 Å². The van der Waals surface area contributed by atoms with E-state index in [1.165, 1.54) is 25.7 Å². The zero-order valence-corrected chi connectivity index (χ0v) is 13.1. The summed E-state index contributed by atoms with van der Waals surface area (Å²) in [6.07, 6.45) is 9.08. The zero-order valence-electron chi connectivity index (χ0n) is 13.1. The van der Waals surface area contributed by atoms with Gasteiger partial charge in [0.25, 0.3) is 0 Å². The van der Waals surface area contributed by atoms with Gasteiger partial charge >= 0.3 is 0 Å². The number of hydrogen-bond donors (Lipinski definition) is 1. The second-order valence-corrected chi connectivity index (χ2v) is 6.12. The summed E-state index contributed by atoms with van der Waals surface area (Å²) in [6, 6.07) is 0.660. The van der Waals surface area contributed by atoms with E-state index in [9.17, 15) is 0 Å². The summed E-state index contributed by atoms with van der Waals surface area (Å²) >= 11 is 0. The molecule has 1 fully saturated rings. The van der Waals surface area contributed by atoms with Crippen molar-refractivity contribution in [3.63, 3.8) is 0 Å². The minimum atomic E-state index is 0.660. The van der Waals surface area contributed by atoms with Crippen LogP contribution in [0.4, 0.5) is 5.82 Å². The molecule has 0 unspecified atom stereocenters. The van der Waals surface area contributed by atoms with Gasteiger partial charge in [-0.1, -0.05) is 26.7 Å². The SMILES string of the molecule is CCN(c1cncc(CNCC(C)C)n1)C1CCCC1. The molecular formula is C16H28N4. The van der Waals surface area contributed by atoms with E-state index < -0.39 is 0 Å². The van der Waals surface area contributed by atoms with Gasteiger partial charge in [0, 0.05) is 25.3 Å². The number of aromatic nitrogens is 2. The fraction of sp³-hybridized carbons (Fsp3) is 0.750. The molecule has 0 saturated heterocycles. The fourth-order valence-corrected chi connectivity index (χ4v) is 2.93. The molecule has 0 bridgehead atoms. The van der Waals surface area contributed by atoms with Gasteiger partial charge in [0.05, 0.1) is 11.9 Å². The summed E-state index contributed by atoms with van der Waals surface area (Å²) in [7, 11) is 0. The highest BCUT2D eigenvalue weighted by molar-refractivity contribution is 5.38. The number of rotatable bonds is 7. The zero-order chi connectivity index (χ0) is 14.4. The van der Waals surface area contributed by atoms with Crippen molar-refractivity contribution in [2.75, 3.05) is 18.0 Å². The molecule has 0 atom stereocenters. The van der Waals surface area contributed by atoms with Crippen molar-refractivity contribution in [3.05, 3.63) is 18.1 Å². The van der Waals surface area contributed by atoms with Crippen molar-refractivity contribution < 1.29 is 0 Å². The van der Waals surface area contributed by atoms with Crippen LogP contribution in [0.5, 0.6) is 0 Å². The van der Waals surface area contributed by atoms with Gasteiger partial charge in [0.15, 0.2) is 0 Å². The molecule has 0 spiro atoms. The predicted octanol–water partition coefficient (Wildman–Crippen LogP) is 2.99. The normalized spacial score (nSPS) is 16.0. The Balaban J connectivity index is 1.99. The molecule has 1 aromatic heterocycles. The van der Waals surface area contributed by atoms with E-state index >= 15 is 0 Å². The summed E-state index contributed by atoms with van der Waals surface area (Å²) in [5, 5.41) is 3.43. The average molecular weight is 276 g/mol. The molecule has 0 aliphatic heterocycles. The highest BCUT2D eigenvalue weighted by atomic mass is 15.2. The molecule has 1 N–H and O–H groups in total. The Hall–Kier alpha value is -1.16. The number of nitrogens with zero attached hydrogens (tertiary/aromatic N) is 3. The van der Waals surface area contributed by atoms with E-state index in [1.807, 2.05) is 12.4 Å². The molecule has 1 heterocycles. The Kier molecular flexibility index (Phi) is 5.77. The average Bonchev–Trinajstić information content (AvgIpc) is 2.94. The van der Waals surface area contributed by atoms with Crippen LogP contribution in [0.2, 0.25) is 0 Å². The minimum Gasteiger partial charge on any atom is -0.353 e. The van der Waals surface area contributed by atoms with Gasteiger partial charge in [-0.3, -0.25) is 4.98 Å². The highest BCUT2D eigenvalue weighted by Crippen LogP contribution is 2.26. The summed E-state index contributed by atoms with van der Waals surface area (Å²) in [4.78, 5) is 11.6. The molecular weight excluding hydrogens is 248 g/mol. The molecule has 0 radical (unpaired) electrons. The van der Waals surface area contributed by atoms with Gasteiger partial charge in [0.1, 0.15) is 5.82 Å². The largest absolute Gasteiger partial charge is 0.353 e. The van der Waals surface area contributed by atoms with E-state index in [4.69, 9.17) is 4.98 Å². The molecule has 1 aliphatic carbocycles. The first-order chi connectivity index (χ1) is 9.70. The molecule has 0 aromatic carbocycles. The topological polar surface area (TPSA) is 41.1 Å². The predicted molar refractivity (Wildman–Crippen MR) is 83.9 cm³/mol. The molecule has 4 nitrogen and oxygen atoms in total. The Morgan fingerprint density at radius 3 is 2.70 bits per heavy atom. The van der Waals surface area contributed by atoms with Gasteiger partial charge in [0.2, 0.25) is 0 Å². The van der Waals surface area contributed by atoms with Crippen LogP contribution >= 0.6 is 0 Å². The number of hydrogen-bond acceptors (Lipinski definition) is 4. The minimum absolute atomic E-state index is 0.660. The number of nitrogens with one attached hydrogen (secondary N) is 1. The van der Waals surface area contributed by atoms with Crippen LogP contribution in [-0.2, 0) is 6.54 Å². The lowest BCUT2D eigenvalue weighted by Gasteiger charge is -2.28. The van der Waals surface area contributed by atoms with Crippen molar-refractivity contribution in [1.82, 2.24) is 15.3 Å². The van der Waals surface area contributed by atoms with Crippen LogP contribution in [0.25, 0.3) is 0 Å². The molecule has 2 rings (SSSR count). The second kappa shape index (κ2) is 7.58. The van der Waals surface area contributed by atoms with Gasteiger partial charge in [-0.15, -0.1) is 0 Å². The maximum atomic E-state index is 4.79. The third kappa shape index (κ3) is 4.17. The van der Waals surface area contributed by atoms with Crippen molar-refractivity contribution in [1.29, 1.82) is 0 Å². The number of anilines is 1. The highest BCUT2D eigenvalue weighted by Gasteiger charge is 2.22. The molecule has 20 heavy (non-hydrogen) atoms. The molecule has 1 saturated carbocycles. The Morgan fingerprint density at radius 1 is 1.30 bits per heavy atom. The molecule has 112 valence electrons. The summed E-state index contributed by atoms with van der Waals surface area (Å²) in [5.41, 5.74) is 1.04. The maximum absolute atomic E-state index is 4.79. The lowest BCUT2D eigenvalue weighted by Crippen LogP contribution is -2.34. The van der Waals surface area contributed by atoms with E-state index in [0.717, 1.165) is 31.1 Å². The van der Waals surface area contributed by atoms with Crippen LogP contribution in [0.3, 0.4) is 0 Å². The maximum Gasteiger partial charge on any atom is 0.147 e. The quantitative estimate of drug-likeness (QED) is 0.831. The molecule has 1 aromatic rings. The Morgan fingerprint density at radius 2 is 2.05 bits per heavy atom. The third-order valence-corrected chi connectivity index (χ3v) is 3.93. The van der Waals surface area contributed by atoms with Crippen LogP contribution < -0.4 is 10.2 Å². The third-order valence-electron chi connectivity index (χ3n) is 3.93. The molecule has 4 heteroatoms. The van der Waals surface area contributed by atoms with Gasteiger partial charge < -0.3 is 10.2 Å². The molecule has 1 aliphatic rings. The van der Waals surface area contributed by atoms with Crippen molar-refractivity contribution >= 4 is 5.82 Å². The summed E-state index contributed by atoms with van der Waals surface area (Å²) in [5.74, 6) is 1.71. The summed E-state index contributed by atoms with van der Waals surface area (Å²) < 4.78 is 0. The van der Waals surface area contributed by atoms with Crippen LogP contribution in [-0.4, -0.2) is 29.1 Å². The lowest BCUT2D eigenvalue weighted by molar-refractivity contribution is 0.546. The van der Waals surface area contributed by atoms with Crippen LogP contribution in [0, 0.1) is 5.92 Å². The van der Waals surface area contributed by atoms with E-state index in [2.05, 4.69) is 36.0 Å². The van der Waals surface area contributed by atoms with Gasteiger partial charge in [-0.25, -0.2) is 4.98 Å². The van der Waals surface area contributed by atoms with Crippen molar-refractivity contribution in [2.24, 2.45) is 5.92 Å². The van der Waals surface area contributed by atoms with Crippen molar-refractivity contribution in [3.8, 4) is 0 Å². The summed E-state index contributed by atoms with van der Waals surface area (Å²) in [6.45, 7) is 9.49. The first kappa shape index (κ1) is 15.2.